The van der Waals surface area contributed by atoms with E-state index in [0.29, 0.717) is 66.5 Å². The van der Waals surface area contributed by atoms with Crippen molar-refractivity contribution in [2.75, 3.05) is 49.9 Å². The minimum absolute atomic E-state index is 0.0434. The van der Waals surface area contributed by atoms with Crippen LogP contribution in [0.25, 0.3) is 27.5 Å². The van der Waals surface area contributed by atoms with Crippen molar-refractivity contribution in [3.8, 4) is 11.8 Å². The summed E-state index contributed by atoms with van der Waals surface area (Å²) in [6, 6.07) is 23.0. The maximum atomic E-state index is 14.1. The third-order valence-corrected chi connectivity index (χ3v) is 15.4. The predicted molar refractivity (Wildman–Crippen MR) is 264 cm³/mol. The number of anilines is 2. The number of benzene rings is 4. The molecule has 2 aliphatic carbocycles. The third-order valence-electron chi connectivity index (χ3n) is 15.4. The van der Waals surface area contributed by atoms with Gasteiger partial charge < -0.3 is 26.4 Å². The average molecular weight is 1020 g/mol. The van der Waals surface area contributed by atoms with Gasteiger partial charge in [0.1, 0.15) is 23.3 Å². The topological polar surface area (TPSA) is 175 Å². The Labute approximate surface area is 423 Å². The highest BCUT2D eigenvalue weighted by atomic mass is 19.4. The summed E-state index contributed by atoms with van der Waals surface area (Å²) < 4.78 is 84.0. The van der Waals surface area contributed by atoms with Crippen LogP contribution < -0.4 is 25.8 Å². The smallest absolute Gasteiger partial charge is 0.392 e. The van der Waals surface area contributed by atoms with Gasteiger partial charge in [0, 0.05) is 43.6 Å². The Morgan fingerprint density at radius 3 is 1.80 bits per heavy atom. The zero-order valence-corrected chi connectivity index (χ0v) is 40.4. The highest BCUT2D eigenvalue weighted by Gasteiger charge is 2.38. The van der Waals surface area contributed by atoms with Gasteiger partial charge >= 0.3 is 12.4 Å². The average Bonchev–Trinajstić information content (AvgIpc) is 3.38. The Kier molecular flexibility index (Phi) is 14.4. The summed E-state index contributed by atoms with van der Waals surface area (Å²) in [7, 11) is 0. The molecule has 0 atom stereocenters. The minimum Gasteiger partial charge on any atom is -0.392 e. The van der Waals surface area contributed by atoms with Crippen molar-refractivity contribution < 1.29 is 45.6 Å². The molecule has 14 nitrogen and oxygen atoms in total. The number of amides is 2. The number of aromatic nitrogens is 4. The van der Waals surface area contributed by atoms with Crippen molar-refractivity contribution in [3.63, 3.8) is 0 Å². The second kappa shape index (κ2) is 21.1. The molecule has 2 aliphatic heterocycles. The van der Waals surface area contributed by atoms with Gasteiger partial charge in [-0.25, -0.2) is 9.97 Å². The quantitative estimate of drug-likeness (QED) is 0.0534. The summed E-state index contributed by atoms with van der Waals surface area (Å²) in [4.78, 5) is 43.3. The molecule has 4 fully saturated rings. The Bertz CT molecular complexity index is 3080. The van der Waals surface area contributed by atoms with Crippen LogP contribution >= 0.6 is 0 Å². The van der Waals surface area contributed by atoms with E-state index in [9.17, 15) is 46.3 Å². The summed E-state index contributed by atoms with van der Waals surface area (Å²) in [5.74, 6) is 0.206. The standard InChI is InChI=1S/C54H55F6N11O3/c55-53(56,57)36-9-17-47-45(20-36)51(65-30-64-47)62-23-49(73)67-38-25-70(26-38)41-13-7-33(8-14-41)44-16-15-42(19-35(44)29-72)71-31-66-52(46-21-37(54(58,59)60)10-18-48(46)71)63-24-50(74)68-39-27-69(28-39)40-11-5-32(6-12-40)43-4-2-1-3-34(43)22-61/h1-4,9-10,15-21,30-33,38-41,72H,5-8,11-14,23-29H2,(H3,62,64,65,67,68,73,74)/p+1. The first-order chi connectivity index (χ1) is 35.6. The van der Waals surface area contributed by atoms with E-state index in [1.54, 1.807) is 4.57 Å². The second-order valence-electron chi connectivity index (χ2n) is 20.0. The fraction of sp³-hybridized carbons (Fsp3) is 0.426. The summed E-state index contributed by atoms with van der Waals surface area (Å²) in [5.41, 5.74) is 3.23. The van der Waals surface area contributed by atoms with Gasteiger partial charge in [-0.05, 0) is 139 Å². The first-order valence-electron chi connectivity index (χ1n) is 25.1. The number of rotatable bonds is 14. The fourth-order valence-electron chi connectivity index (χ4n) is 11.5. The summed E-state index contributed by atoms with van der Waals surface area (Å²) in [5, 5.41) is 32.4. The lowest BCUT2D eigenvalue weighted by molar-refractivity contribution is -0.570. The van der Waals surface area contributed by atoms with Crippen molar-refractivity contribution in [1.29, 1.82) is 5.26 Å². The Hall–Kier alpha value is -6.95. The van der Waals surface area contributed by atoms with Crippen LogP contribution in [0.3, 0.4) is 0 Å². The number of halogens is 6. The monoisotopic (exact) mass is 1020 g/mol. The zero-order chi connectivity index (χ0) is 51.7. The van der Waals surface area contributed by atoms with Gasteiger partial charge in [-0.15, -0.1) is 0 Å². The molecular formula is C54H56F6N11O3+. The van der Waals surface area contributed by atoms with Crippen molar-refractivity contribution in [2.45, 2.75) is 106 Å². The Morgan fingerprint density at radius 2 is 1.22 bits per heavy atom. The minimum atomic E-state index is -4.62. The lowest BCUT2D eigenvalue weighted by Crippen LogP contribution is -2.63. The number of carbonyl (C=O) groups is 2. The highest BCUT2D eigenvalue weighted by Crippen LogP contribution is 2.40. The first-order valence-corrected chi connectivity index (χ1v) is 25.1. The van der Waals surface area contributed by atoms with Gasteiger partial charge in [0.05, 0.1) is 65.4 Å². The number of nitrogens with one attached hydrogen (secondary N) is 4. The third kappa shape index (κ3) is 11.0. The highest BCUT2D eigenvalue weighted by molar-refractivity contribution is 5.92. The SMILES string of the molecule is N#Cc1ccccc1C1CCC(N2CC(NC(=O)CNc3nc[n+](-c4ccc(C5CCC(N6CC(NC(=O)CNc7ncnc8ccc(C(F)(F)F)cc78)C6)CC5)c(CO)c4)c4ccc(C(F)(F)F)cc34)C2)CC1. The van der Waals surface area contributed by atoms with Crippen LogP contribution in [0.2, 0.25) is 0 Å². The molecule has 2 saturated heterocycles. The molecule has 0 spiro atoms. The number of aliphatic hydroxyl groups excluding tert-OH is 1. The van der Waals surface area contributed by atoms with E-state index < -0.39 is 23.5 Å². The number of hydrogen-bond acceptors (Lipinski definition) is 11. The second-order valence-corrected chi connectivity index (χ2v) is 20.0. The molecule has 2 amide bonds. The number of alkyl halides is 6. The normalized spacial score (nSPS) is 21.1. The largest absolute Gasteiger partial charge is 0.416 e. The number of likely N-dealkylation sites (tertiary alicyclic amines) is 2. The Balaban J connectivity index is 0.713. The lowest BCUT2D eigenvalue weighted by atomic mass is 9.79. The van der Waals surface area contributed by atoms with Crippen molar-refractivity contribution >= 4 is 45.3 Å². The van der Waals surface area contributed by atoms with E-state index in [4.69, 9.17) is 0 Å². The summed E-state index contributed by atoms with van der Waals surface area (Å²) in [6.07, 6.45) is 1.14. The number of nitriles is 1. The molecular weight excluding hydrogens is 965 g/mol. The van der Waals surface area contributed by atoms with Crippen LogP contribution in [0.4, 0.5) is 38.0 Å². The maximum Gasteiger partial charge on any atom is 0.416 e. The van der Waals surface area contributed by atoms with E-state index in [1.165, 1.54) is 24.8 Å². The van der Waals surface area contributed by atoms with Crippen LogP contribution in [0.5, 0.6) is 0 Å². The van der Waals surface area contributed by atoms with E-state index in [2.05, 4.69) is 58.2 Å². The van der Waals surface area contributed by atoms with Gasteiger partial charge in [0.25, 0.3) is 12.1 Å². The molecule has 10 rings (SSSR count). The van der Waals surface area contributed by atoms with Crippen LogP contribution in [0.15, 0.2) is 91.5 Å². The molecule has 0 unspecified atom stereocenters. The number of hydrogen-bond donors (Lipinski definition) is 5. The van der Waals surface area contributed by atoms with Gasteiger partial charge in [0.15, 0.2) is 0 Å². The summed E-state index contributed by atoms with van der Waals surface area (Å²) >= 11 is 0. The van der Waals surface area contributed by atoms with Crippen molar-refractivity contribution in [1.82, 2.24) is 35.4 Å². The van der Waals surface area contributed by atoms with E-state index in [1.807, 2.05) is 36.4 Å². The number of nitrogens with zero attached hydrogens (tertiary/aromatic N) is 7. The molecule has 4 aromatic carbocycles. The van der Waals surface area contributed by atoms with Gasteiger partial charge in [0.2, 0.25) is 11.8 Å². The molecule has 0 bridgehead atoms. The van der Waals surface area contributed by atoms with Crippen LogP contribution in [-0.2, 0) is 28.5 Å². The molecule has 386 valence electrons. The van der Waals surface area contributed by atoms with Crippen LogP contribution in [0, 0.1) is 11.3 Å². The lowest BCUT2D eigenvalue weighted by Gasteiger charge is -2.47. The van der Waals surface area contributed by atoms with Crippen molar-refractivity contribution in [2.24, 2.45) is 0 Å². The molecule has 4 heterocycles. The molecule has 74 heavy (non-hydrogen) atoms. The van der Waals surface area contributed by atoms with Gasteiger partial charge in [-0.1, -0.05) is 24.3 Å². The number of aliphatic hydroxyl groups is 1. The number of carbonyl (C=O) groups excluding carboxylic acids is 2. The fourth-order valence-corrected chi connectivity index (χ4v) is 11.5. The number of fused-ring (bicyclic) bond motifs is 2. The molecule has 6 aromatic rings. The van der Waals surface area contributed by atoms with E-state index in [0.717, 1.165) is 92.3 Å². The molecule has 2 aromatic heterocycles. The van der Waals surface area contributed by atoms with E-state index in [-0.39, 0.29) is 71.9 Å². The zero-order valence-electron chi connectivity index (χ0n) is 40.4. The maximum absolute atomic E-state index is 14.1. The summed E-state index contributed by atoms with van der Waals surface area (Å²) in [6.45, 7) is 2.16. The van der Waals surface area contributed by atoms with Crippen molar-refractivity contribution in [3.05, 3.63) is 125 Å². The van der Waals surface area contributed by atoms with Crippen LogP contribution in [0.1, 0.15) is 96.6 Å². The van der Waals surface area contributed by atoms with Crippen LogP contribution in [-0.4, -0.2) is 105 Å². The predicted octanol–water partition coefficient (Wildman–Crippen LogP) is 7.73. The molecule has 2 saturated carbocycles. The molecule has 4 aliphatic rings. The molecule has 20 heteroatoms. The van der Waals surface area contributed by atoms with Gasteiger partial charge in [-0.3, -0.25) is 19.4 Å². The molecule has 5 N–H and O–H groups in total. The molecule has 0 radical (unpaired) electrons. The first kappa shape index (κ1) is 50.6. The Morgan fingerprint density at radius 1 is 0.662 bits per heavy atom. The van der Waals surface area contributed by atoms with E-state index >= 15 is 0 Å². The van der Waals surface area contributed by atoms with Gasteiger partial charge in [-0.2, -0.15) is 36.2 Å².